The summed E-state index contributed by atoms with van der Waals surface area (Å²) in [4.78, 5) is 12.6. The van der Waals surface area contributed by atoms with Gasteiger partial charge in [-0.3, -0.25) is 4.79 Å². The van der Waals surface area contributed by atoms with Gasteiger partial charge in [-0.05, 0) is 13.0 Å². The summed E-state index contributed by atoms with van der Waals surface area (Å²) in [5.41, 5.74) is 5.58. The molecule has 1 aliphatic rings. The second-order valence-electron chi connectivity index (χ2n) is 2.60. The molecule has 1 aliphatic heterocycles. The minimum absolute atomic E-state index is 0.0193. The maximum Gasteiger partial charge on any atom is 0.246 e. The van der Waals surface area contributed by atoms with Gasteiger partial charge < -0.3 is 10.6 Å². The van der Waals surface area contributed by atoms with Crippen molar-refractivity contribution in [1.29, 1.82) is 0 Å². The Hall–Kier alpha value is -0.830. The predicted octanol–water partition coefficient (Wildman–Crippen LogP) is -0.270. The summed E-state index contributed by atoms with van der Waals surface area (Å²) >= 11 is 0. The van der Waals surface area contributed by atoms with Gasteiger partial charge in [0.1, 0.15) is 0 Å². The quantitative estimate of drug-likeness (QED) is 0.510. The molecule has 1 heterocycles. The van der Waals surface area contributed by atoms with E-state index in [4.69, 9.17) is 5.73 Å². The third kappa shape index (κ3) is 0.926. The summed E-state index contributed by atoms with van der Waals surface area (Å²) in [6.07, 6.45) is 1.32. The van der Waals surface area contributed by atoms with Crippen molar-refractivity contribution in [2.24, 2.45) is 5.73 Å². The molecule has 0 aromatic carbocycles. The molecule has 56 valence electrons. The number of carbonyl (C=O) groups is 1. The van der Waals surface area contributed by atoms with E-state index >= 15 is 0 Å². The molecule has 2 N–H and O–H groups in total. The highest BCUT2D eigenvalue weighted by molar-refractivity contribution is 5.88. The van der Waals surface area contributed by atoms with E-state index in [2.05, 4.69) is 6.58 Å². The second-order valence-corrected chi connectivity index (χ2v) is 2.60. The lowest BCUT2D eigenvalue weighted by molar-refractivity contribution is -0.133. The van der Waals surface area contributed by atoms with Crippen molar-refractivity contribution in [1.82, 2.24) is 4.90 Å². The normalized spacial score (nSPS) is 31.2. The summed E-state index contributed by atoms with van der Waals surface area (Å²) in [5, 5.41) is 0. The van der Waals surface area contributed by atoms with Crippen molar-refractivity contribution < 1.29 is 4.79 Å². The van der Waals surface area contributed by atoms with Crippen LogP contribution in [-0.4, -0.2) is 29.4 Å². The third-order valence-corrected chi connectivity index (χ3v) is 1.98. The number of nitrogens with zero attached hydrogens (tertiary/aromatic N) is 1. The zero-order chi connectivity index (χ0) is 7.72. The minimum Gasteiger partial charge on any atom is -0.333 e. The van der Waals surface area contributed by atoms with Crippen LogP contribution in [0.4, 0.5) is 0 Å². The van der Waals surface area contributed by atoms with E-state index in [1.54, 1.807) is 4.90 Å². The molecule has 0 aromatic rings. The van der Waals surface area contributed by atoms with Crippen LogP contribution in [-0.2, 0) is 4.79 Å². The molecule has 1 saturated heterocycles. The molecule has 0 aromatic heterocycles. The Bertz CT molecular complexity index is 167. The molecule has 1 amide bonds. The topological polar surface area (TPSA) is 46.3 Å². The van der Waals surface area contributed by atoms with Crippen molar-refractivity contribution >= 4 is 5.91 Å². The van der Waals surface area contributed by atoms with Gasteiger partial charge in [0, 0.05) is 18.6 Å². The van der Waals surface area contributed by atoms with Crippen LogP contribution >= 0.6 is 0 Å². The third-order valence-electron chi connectivity index (χ3n) is 1.98. The second kappa shape index (κ2) is 2.42. The lowest BCUT2D eigenvalue weighted by atomic mass is 9.99. The number of hydrogen-bond donors (Lipinski definition) is 1. The fraction of sp³-hybridized carbons (Fsp3) is 0.571. The zero-order valence-corrected chi connectivity index (χ0v) is 6.08. The van der Waals surface area contributed by atoms with Gasteiger partial charge in [0.05, 0.1) is 0 Å². The van der Waals surface area contributed by atoms with E-state index in [0.29, 0.717) is 6.54 Å². The fourth-order valence-corrected chi connectivity index (χ4v) is 1.05. The number of hydrogen-bond acceptors (Lipinski definition) is 2. The summed E-state index contributed by atoms with van der Waals surface area (Å²) < 4.78 is 0. The molecule has 3 heteroatoms. The molecule has 1 rings (SSSR count). The maximum atomic E-state index is 10.9. The molecule has 3 nitrogen and oxygen atoms in total. The van der Waals surface area contributed by atoms with E-state index in [1.165, 1.54) is 6.08 Å². The maximum absolute atomic E-state index is 10.9. The molecule has 1 fully saturated rings. The number of amides is 1. The highest BCUT2D eigenvalue weighted by Gasteiger charge is 2.34. The first kappa shape index (κ1) is 7.28. The Morgan fingerprint density at radius 1 is 1.90 bits per heavy atom. The molecule has 0 unspecified atom stereocenters. The molecule has 0 aliphatic carbocycles. The van der Waals surface area contributed by atoms with E-state index in [1.807, 2.05) is 6.92 Å². The molecular formula is C7H12N2O. The first-order valence-electron chi connectivity index (χ1n) is 3.35. The monoisotopic (exact) mass is 140 g/mol. The predicted molar refractivity (Wildman–Crippen MR) is 39.3 cm³/mol. The smallest absolute Gasteiger partial charge is 0.246 e. The van der Waals surface area contributed by atoms with Crippen molar-refractivity contribution in [2.75, 3.05) is 6.54 Å². The van der Waals surface area contributed by atoms with Gasteiger partial charge in [0.25, 0.3) is 0 Å². The highest BCUT2D eigenvalue weighted by atomic mass is 16.2. The molecule has 0 saturated carbocycles. The van der Waals surface area contributed by atoms with Gasteiger partial charge in [-0.1, -0.05) is 6.58 Å². The molecule has 0 radical (unpaired) electrons. The van der Waals surface area contributed by atoms with Crippen LogP contribution in [0.2, 0.25) is 0 Å². The van der Waals surface area contributed by atoms with Gasteiger partial charge in [-0.25, -0.2) is 0 Å². The van der Waals surface area contributed by atoms with Gasteiger partial charge in [0.15, 0.2) is 0 Å². The Labute approximate surface area is 60.5 Å². The van der Waals surface area contributed by atoms with Crippen LogP contribution in [0.3, 0.4) is 0 Å². The van der Waals surface area contributed by atoms with Crippen molar-refractivity contribution in [3.8, 4) is 0 Å². The Kier molecular flexibility index (Phi) is 1.76. The zero-order valence-electron chi connectivity index (χ0n) is 6.08. The summed E-state index contributed by atoms with van der Waals surface area (Å²) in [7, 11) is 0. The van der Waals surface area contributed by atoms with Gasteiger partial charge in [-0.2, -0.15) is 0 Å². The molecular weight excluding hydrogens is 128 g/mol. The van der Waals surface area contributed by atoms with Gasteiger partial charge in [0.2, 0.25) is 5.91 Å². The van der Waals surface area contributed by atoms with Crippen LogP contribution in [0.5, 0.6) is 0 Å². The molecule has 0 bridgehead atoms. The van der Waals surface area contributed by atoms with E-state index in [9.17, 15) is 4.79 Å². The van der Waals surface area contributed by atoms with E-state index in [-0.39, 0.29) is 18.0 Å². The largest absolute Gasteiger partial charge is 0.333 e. The van der Waals surface area contributed by atoms with Gasteiger partial charge >= 0.3 is 0 Å². The number of rotatable bonds is 1. The molecule has 10 heavy (non-hydrogen) atoms. The van der Waals surface area contributed by atoms with Crippen LogP contribution in [0.1, 0.15) is 6.92 Å². The van der Waals surface area contributed by atoms with Crippen LogP contribution in [0, 0.1) is 0 Å². The van der Waals surface area contributed by atoms with Crippen LogP contribution in [0.25, 0.3) is 0 Å². The average Bonchev–Trinajstić information content (AvgIpc) is 1.98. The van der Waals surface area contributed by atoms with Crippen molar-refractivity contribution in [3.05, 3.63) is 12.7 Å². The average molecular weight is 140 g/mol. The fourth-order valence-electron chi connectivity index (χ4n) is 1.05. The summed E-state index contributed by atoms with van der Waals surface area (Å²) in [6.45, 7) is 6.00. The standard InChI is InChI=1S/C7H12N2O/c1-3-7(10)9-4-6(8)5(9)2/h3,5-6H,1,4,8H2,2H3/t5-,6+/m0/s1. The van der Waals surface area contributed by atoms with Gasteiger partial charge in [-0.15, -0.1) is 0 Å². The van der Waals surface area contributed by atoms with Crippen molar-refractivity contribution in [2.45, 2.75) is 19.0 Å². The van der Waals surface area contributed by atoms with E-state index in [0.717, 1.165) is 0 Å². The minimum atomic E-state index is -0.0193. The Balaban J connectivity index is 2.47. The molecule has 0 spiro atoms. The molecule has 2 atom stereocenters. The highest BCUT2D eigenvalue weighted by Crippen LogP contribution is 2.15. The van der Waals surface area contributed by atoms with Crippen molar-refractivity contribution in [3.63, 3.8) is 0 Å². The first-order chi connectivity index (χ1) is 4.66. The summed E-state index contributed by atoms with van der Waals surface area (Å²) in [5.74, 6) is -0.0193. The summed E-state index contributed by atoms with van der Waals surface area (Å²) in [6, 6.07) is 0.342. The lowest BCUT2D eigenvalue weighted by Crippen LogP contribution is -2.64. The van der Waals surface area contributed by atoms with E-state index < -0.39 is 0 Å². The number of carbonyl (C=O) groups excluding carboxylic acids is 1. The SMILES string of the molecule is C=CC(=O)N1C[C@@H](N)[C@@H]1C. The Morgan fingerprint density at radius 2 is 2.50 bits per heavy atom. The first-order valence-corrected chi connectivity index (χ1v) is 3.35. The number of likely N-dealkylation sites (tertiary alicyclic amines) is 1. The lowest BCUT2D eigenvalue weighted by Gasteiger charge is -2.43. The van der Waals surface area contributed by atoms with Crippen LogP contribution in [0.15, 0.2) is 12.7 Å². The van der Waals surface area contributed by atoms with Crippen LogP contribution < -0.4 is 5.73 Å². The Morgan fingerprint density at radius 3 is 2.80 bits per heavy atom. The number of nitrogens with two attached hydrogens (primary N) is 1.